The van der Waals surface area contributed by atoms with Gasteiger partial charge in [-0.2, -0.15) is 0 Å². The highest BCUT2D eigenvalue weighted by Gasteiger charge is 2.10. The largest absolute Gasteiger partial charge is 0.483 e. The lowest BCUT2D eigenvalue weighted by Crippen LogP contribution is -2.08. The van der Waals surface area contributed by atoms with Gasteiger partial charge in [0.05, 0.1) is 0 Å². The number of aromatic nitrogens is 2. The van der Waals surface area contributed by atoms with Gasteiger partial charge < -0.3 is 14.9 Å². The number of rotatable bonds is 4. The van der Waals surface area contributed by atoms with Gasteiger partial charge in [0.2, 0.25) is 5.89 Å². The van der Waals surface area contributed by atoms with Crippen LogP contribution in [0.3, 0.4) is 0 Å². The molecule has 96 valence electrons. The summed E-state index contributed by atoms with van der Waals surface area (Å²) in [7, 11) is 0. The van der Waals surface area contributed by atoms with Crippen LogP contribution in [0.25, 0.3) is 0 Å². The summed E-state index contributed by atoms with van der Waals surface area (Å²) in [5.74, 6) is 1.76. The molecule has 1 heterocycles. The van der Waals surface area contributed by atoms with E-state index in [1.165, 1.54) is 0 Å². The molecule has 2 rings (SSSR count). The molecule has 0 saturated heterocycles. The Kier molecular flexibility index (Phi) is 3.62. The van der Waals surface area contributed by atoms with E-state index < -0.39 is 0 Å². The summed E-state index contributed by atoms with van der Waals surface area (Å²) in [6.45, 7) is 5.93. The average Bonchev–Trinajstić information content (AvgIpc) is 2.72. The number of ether oxygens (including phenoxy) is 1. The zero-order valence-corrected chi connectivity index (χ0v) is 10.8. The monoisotopic (exact) mass is 247 g/mol. The molecular weight excluding hydrogens is 230 g/mol. The first-order valence-electron chi connectivity index (χ1n) is 5.84. The van der Waals surface area contributed by atoms with Crippen molar-refractivity contribution in [2.24, 2.45) is 5.73 Å². The minimum Gasteiger partial charge on any atom is -0.483 e. The lowest BCUT2D eigenvalue weighted by Gasteiger charge is -2.13. The van der Waals surface area contributed by atoms with E-state index in [-0.39, 0.29) is 12.6 Å². The van der Waals surface area contributed by atoms with Gasteiger partial charge in [0, 0.05) is 18.5 Å². The van der Waals surface area contributed by atoms with Crippen molar-refractivity contribution in [3.05, 3.63) is 41.1 Å². The van der Waals surface area contributed by atoms with E-state index in [1.807, 2.05) is 32.0 Å². The van der Waals surface area contributed by atoms with Crippen molar-refractivity contribution in [2.75, 3.05) is 0 Å². The van der Waals surface area contributed by atoms with E-state index in [4.69, 9.17) is 14.9 Å². The maximum absolute atomic E-state index is 5.91. The molecule has 0 aliphatic carbocycles. The van der Waals surface area contributed by atoms with Crippen molar-refractivity contribution in [3.8, 4) is 5.75 Å². The van der Waals surface area contributed by atoms with Crippen molar-refractivity contribution in [2.45, 2.75) is 33.4 Å². The van der Waals surface area contributed by atoms with Crippen molar-refractivity contribution < 1.29 is 9.15 Å². The summed E-state index contributed by atoms with van der Waals surface area (Å²) < 4.78 is 11.0. The quantitative estimate of drug-likeness (QED) is 0.897. The fourth-order valence-corrected chi connectivity index (χ4v) is 1.68. The van der Waals surface area contributed by atoms with E-state index in [1.54, 1.807) is 6.92 Å². The summed E-state index contributed by atoms with van der Waals surface area (Å²) in [5, 5.41) is 7.64. The fraction of sp³-hybridized carbons (Fsp3) is 0.385. The third-order valence-corrected chi connectivity index (χ3v) is 2.58. The van der Waals surface area contributed by atoms with Crippen LogP contribution in [0.1, 0.15) is 35.9 Å². The number of nitrogens with two attached hydrogens (primary N) is 1. The number of hydrogen-bond donors (Lipinski definition) is 1. The van der Waals surface area contributed by atoms with Crippen molar-refractivity contribution in [3.63, 3.8) is 0 Å². The van der Waals surface area contributed by atoms with Gasteiger partial charge in [0.25, 0.3) is 5.89 Å². The molecule has 0 aliphatic heterocycles. The van der Waals surface area contributed by atoms with Gasteiger partial charge in [0.1, 0.15) is 5.75 Å². The molecule has 0 amide bonds. The number of nitrogens with zero attached hydrogens (tertiary/aromatic N) is 2. The molecule has 1 aromatic heterocycles. The van der Waals surface area contributed by atoms with Crippen LogP contribution in [0.5, 0.6) is 5.75 Å². The lowest BCUT2D eigenvalue weighted by molar-refractivity contribution is 0.257. The molecule has 0 unspecified atom stereocenters. The predicted octanol–water partition coefficient (Wildman–Crippen LogP) is 2.29. The Balaban J connectivity index is 2.15. The fourth-order valence-electron chi connectivity index (χ4n) is 1.68. The van der Waals surface area contributed by atoms with Gasteiger partial charge in [-0.1, -0.05) is 12.1 Å². The maximum Gasteiger partial charge on any atom is 0.253 e. The first-order valence-corrected chi connectivity index (χ1v) is 5.84. The Hall–Kier alpha value is -1.88. The smallest absolute Gasteiger partial charge is 0.253 e. The van der Waals surface area contributed by atoms with Gasteiger partial charge in [-0.25, -0.2) is 0 Å². The topological polar surface area (TPSA) is 74.2 Å². The normalized spacial score (nSPS) is 12.4. The maximum atomic E-state index is 5.91. The zero-order chi connectivity index (χ0) is 13.1. The van der Waals surface area contributed by atoms with Gasteiger partial charge in [-0.15, -0.1) is 10.2 Å². The third kappa shape index (κ3) is 2.87. The van der Waals surface area contributed by atoms with E-state index in [0.717, 1.165) is 16.9 Å². The summed E-state index contributed by atoms with van der Waals surface area (Å²) in [6, 6.07) is 5.88. The van der Waals surface area contributed by atoms with Gasteiger partial charge >= 0.3 is 0 Å². The highest BCUT2D eigenvalue weighted by molar-refractivity contribution is 5.38. The summed E-state index contributed by atoms with van der Waals surface area (Å²) in [5.41, 5.74) is 8.00. The molecule has 5 nitrogen and oxygen atoms in total. The Morgan fingerprint density at radius 1 is 1.33 bits per heavy atom. The number of hydrogen-bond acceptors (Lipinski definition) is 5. The van der Waals surface area contributed by atoms with Crippen LogP contribution in [-0.2, 0) is 6.61 Å². The van der Waals surface area contributed by atoms with Crippen LogP contribution in [0.2, 0.25) is 0 Å². The molecule has 2 N–H and O–H groups in total. The molecule has 1 aromatic carbocycles. The second-order valence-corrected chi connectivity index (χ2v) is 4.33. The molecule has 18 heavy (non-hydrogen) atoms. The van der Waals surface area contributed by atoms with Gasteiger partial charge in [-0.3, -0.25) is 0 Å². The third-order valence-electron chi connectivity index (χ3n) is 2.58. The van der Waals surface area contributed by atoms with Gasteiger partial charge in [0.15, 0.2) is 6.61 Å². The average molecular weight is 247 g/mol. The van der Waals surface area contributed by atoms with Crippen LogP contribution in [0.15, 0.2) is 22.6 Å². The second kappa shape index (κ2) is 5.18. The minimum atomic E-state index is -0.0787. The van der Waals surface area contributed by atoms with E-state index in [9.17, 15) is 0 Å². The molecule has 0 radical (unpaired) electrons. The first kappa shape index (κ1) is 12.6. The van der Waals surface area contributed by atoms with Crippen LogP contribution in [-0.4, -0.2) is 10.2 Å². The van der Waals surface area contributed by atoms with E-state index in [0.29, 0.717) is 11.8 Å². The summed E-state index contributed by atoms with van der Waals surface area (Å²) >= 11 is 0. The molecule has 1 atom stereocenters. The zero-order valence-electron chi connectivity index (χ0n) is 10.8. The van der Waals surface area contributed by atoms with Crippen molar-refractivity contribution >= 4 is 0 Å². The minimum absolute atomic E-state index is 0.0787. The summed E-state index contributed by atoms with van der Waals surface area (Å²) in [6.07, 6.45) is 0. The highest BCUT2D eigenvalue weighted by Crippen LogP contribution is 2.25. The number of benzene rings is 1. The van der Waals surface area contributed by atoms with E-state index in [2.05, 4.69) is 10.2 Å². The Bertz CT molecular complexity index is 535. The standard InChI is InChI=1S/C13H17N3O2/c1-8-4-5-11(9(2)14)12(6-8)17-7-13-16-15-10(3)18-13/h4-6,9H,7,14H2,1-3H3/t9-/m0/s1. The van der Waals surface area contributed by atoms with Gasteiger partial charge in [-0.05, 0) is 25.5 Å². The molecule has 0 aliphatic rings. The molecule has 0 saturated carbocycles. The molecular formula is C13H17N3O2. The Labute approximate surface area is 106 Å². The van der Waals surface area contributed by atoms with E-state index >= 15 is 0 Å². The van der Waals surface area contributed by atoms with Crippen LogP contribution >= 0.6 is 0 Å². The van der Waals surface area contributed by atoms with Crippen molar-refractivity contribution in [1.82, 2.24) is 10.2 Å². The molecule has 2 aromatic rings. The van der Waals surface area contributed by atoms with Crippen LogP contribution < -0.4 is 10.5 Å². The lowest BCUT2D eigenvalue weighted by atomic mass is 10.1. The molecule has 0 bridgehead atoms. The highest BCUT2D eigenvalue weighted by atomic mass is 16.5. The van der Waals surface area contributed by atoms with Crippen LogP contribution in [0, 0.1) is 13.8 Å². The number of aryl methyl sites for hydroxylation is 2. The molecule has 0 fully saturated rings. The van der Waals surface area contributed by atoms with Crippen LogP contribution in [0.4, 0.5) is 0 Å². The summed E-state index contributed by atoms with van der Waals surface area (Å²) in [4.78, 5) is 0. The Morgan fingerprint density at radius 3 is 2.72 bits per heavy atom. The van der Waals surface area contributed by atoms with Crippen molar-refractivity contribution in [1.29, 1.82) is 0 Å². The molecule has 0 spiro atoms. The first-order chi connectivity index (χ1) is 8.56. The Morgan fingerprint density at radius 2 is 2.11 bits per heavy atom. The second-order valence-electron chi connectivity index (χ2n) is 4.33. The predicted molar refractivity (Wildman–Crippen MR) is 67.1 cm³/mol. The molecule has 5 heteroatoms. The SMILES string of the molecule is Cc1ccc([C@H](C)N)c(OCc2nnc(C)o2)c1.